The van der Waals surface area contributed by atoms with Gasteiger partial charge in [-0.05, 0) is 48.7 Å². The van der Waals surface area contributed by atoms with Crippen LogP contribution in [0.2, 0.25) is 0 Å². The molecule has 2 aromatic rings. The summed E-state index contributed by atoms with van der Waals surface area (Å²) in [4.78, 5) is 24.3. The van der Waals surface area contributed by atoms with E-state index in [1.165, 1.54) is 7.11 Å². The summed E-state index contributed by atoms with van der Waals surface area (Å²) in [6, 6.07) is 14.6. The van der Waals surface area contributed by atoms with Crippen molar-refractivity contribution in [3.8, 4) is 0 Å². The highest BCUT2D eigenvalue weighted by Gasteiger charge is 2.51. The Morgan fingerprint density at radius 3 is 2.43 bits per heavy atom. The Hall–Kier alpha value is -2.14. The lowest BCUT2D eigenvalue weighted by molar-refractivity contribution is -0.118. The van der Waals surface area contributed by atoms with E-state index in [0.717, 1.165) is 22.9 Å². The van der Waals surface area contributed by atoms with Crippen molar-refractivity contribution in [1.29, 1.82) is 0 Å². The SMILES string of the molecule is COC(=O)c1cccc(NC(=O)C2(c3ccc(Br)cc3)CC2)c1. The number of benzene rings is 2. The molecular weight excluding hydrogens is 358 g/mol. The molecule has 0 bridgehead atoms. The monoisotopic (exact) mass is 373 g/mol. The quantitative estimate of drug-likeness (QED) is 0.826. The average Bonchev–Trinajstić information content (AvgIpc) is 3.37. The third kappa shape index (κ3) is 3.15. The number of halogens is 1. The summed E-state index contributed by atoms with van der Waals surface area (Å²) in [6.45, 7) is 0. The lowest BCUT2D eigenvalue weighted by atomic mass is 9.95. The summed E-state index contributed by atoms with van der Waals surface area (Å²) in [5.74, 6) is -0.461. The van der Waals surface area contributed by atoms with Gasteiger partial charge in [-0.15, -0.1) is 0 Å². The number of carbonyl (C=O) groups excluding carboxylic acids is 2. The van der Waals surface area contributed by atoms with E-state index in [0.29, 0.717) is 11.3 Å². The first-order valence-corrected chi connectivity index (χ1v) is 8.10. The molecule has 4 nitrogen and oxygen atoms in total. The van der Waals surface area contributed by atoms with Gasteiger partial charge in [0, 0.05) is 10.2 Å². The zero-order chi connectivity index (χ0) is 16.4. The Kier molecular flexibility index (Phi) is 4.22. The standard InChI is InChI=1S/C18H16BrNO3/c1-23-16(21)12-3-2-4-15(11-12)20-17(22)18(9-10-18)13-5-7-14(19)8-6-13/h2-8,11H,9-10H2,1H3,(H,20,22). The van der Waals surface area contributed by atoms with Gasteiger partial charge in [-0.1, -0.05) is 34.1 Å². The highest BCUT2D eigenvalue weighted by atomic mass is 79.9. The molecule has 1 fully saturated rings. The molecule has 118 valence electrons. The number of methoxy groups -OCH3 is 1. The van der Waals surface area contributed by atoms with Crippen LogP contribution in [0.25, 0.3) is 0 Å². The van der Waals surface area contributed by atoms with Gasteiger partial charge < -0.3 is 10.1 Å². The molecule has 0 unspecified atom stereocenters. The van der Waals surface area contributed by atoms with E-state index in [1.54, 1.807) is 24.3 Å². The van der Waals surface area contributed by atoms with E-state index in [-0.39, 0.29) is 5.91 Å². The summed E-state index contributed by atoms with van der Waals surface area (Å²) in [7, 11) is 1.33. The van der Waals surface area contributed by atoms with Crippen molar-refractivity contribution in [3.05, 3.63) is 64.1 Å². The first-order valence-electron chi connectivity index (χ1n) is 7.31. The van der Waals surface area contributed by atoms with E-state index in [9.17, 15) is 9.59 Å². The number of esters is 1. The number of carbonyl (C=O) groups is 2. The van der Waals surface area contributed by atoms with E-state index in [2.05, 4.69) is 21.2 Å². The highest BCUT2D eigenvalue weighted by Crippen LogP contribution is 2.49. The van der Waals surface area contributed by atoms with Crippen LogP contribution in [0.15, 0.2) is 53.0 Å². The van der Waals surface area contributed by atoms with Gasteiger partial charge in [0.25, 0.3) is 0 Å². The van der Waals surface area contributed by atoms with Crippen LogP contribution < -0.4 is 5.32 Å². The number of hydrogen-bond donors (Lipinski definition) is 1. The Labute approximate surface area is 143 Å². The van der Waals surface area contributed by atoms with Gasteiger partial charge in [0.05, 0.1) is 18.1 Å². The number of amides is 1. The third-order valence-corrected chi connectivity index (χ3v) is 4.65. The van der Waals surface area contributed by atoms with Crippen molar-refractivity contribution in [2.24, 2.45) is 0 Å². The second-order valence-corrected chi connectivity index (χ2v) is 6.53. The number of hydrogen-bond acceptors (Lipinski definition) is 3. The topological polar surface area (TPSA) is 55.4 Å². The van der Waals surface area contributed by atoms with Crippen LogP contribution in [0, 0.1) is 0 Å². The smallest absolute Gasteiger partial charge is 0.337 e. The van der Waals surface area contributed by atoms with Gasteiger partial charge in [-0.2, -0.15) is 0 Å². The minimum atomic E-state index is -0.456. The molecule has 1 aliphatic carbocycles. The summed E-state index contributed by atoms with van der Waals surface area (Å²) < 4.78 is 5.69. The third-order valence-electron chi connectivity index (χ3n) is 4.12. The normalized spacial score (nSPS) is 14.9. The zero-order valence-electron chi connectivity index (χ0n) is 12.6. The molecule has 0 heterocycles. The van der Waals surface area contributed by atoms with Crippen molar-refractivity contribution in [2.75, 3.05) is 12.4 Å². The van der Waals surface area contributed by atoms with Crippen LogP contribution in [0.3, 0.4) is 0 Å². The molecule has 1 aliphatic rings. The van der Waals surface area contributed by atoms with Gasteiger partial charge >= 0.3 is 5.97 Å². The molecule has 0 spiro atoms. The summed E-state index contributed by atoms with van der Waals surface area (Å²) in [5.41, 5.74) is 1.57. The Balaban J connectivity index is 1.79. The van der Waals surface area contributed by atoms with Crippen molar-refractivity contribution >= 4 is 33.5 Å². The lowest BCUT2D eigenvalue weighted by Gasteiger charge is -2.16. The van der Waals surface area contributed by atoms with Crippen molar-refractivity contribution in [2.45, 2.75) is 18.3 Å². The molecule has 0 radical (unpaired) electrons. The second-order valence-electron chi connectivity index (χ2n) is 5.62. The molecule has 1 saturated carbocycles. The maximum atomic E-state index is 12.7. The van der Waals surface area contributed by atoms with Gasteiger partial charge in [0.1, 0.15) is 0 Å². The van der Waals surface area contributed by atoms with E-state index in [4.69, 9.17) is 4.74 Å². The number of rotatable bonds is 4. The van der Waals surface area contributed by atoms with Crippen LogP contribution in [-0.2, 0) is 14.9 Å². The number of nitrogens with one attached hydrogen (secondary N) is 1. The largest absolute Gasteiger partial charge is 0.465 e. The van der Waals surface area contributed by atoms with Gasteiger partial charge in [-0.25, -0.2) is 4.79 Å². The fourth-order valence-corrected chi connectivity index (χ4v) is 2.90. The Bertz CT molecular complexity index is 751. The second kappa shape index (κ2) is 6.16. The molecule has 0 aliphatic heterocycles. The van der Waals surface area contributed by atoms with Crippen LogP contribution in [0.5, 0.6) is 0 Å². The number of anilines is 1. The van der Waals surface area contributed by atoms with E-state index < -0.39 is 11.4 Å². The number of ether oxygens (including phenoxy) is 1. The molecule has 3 rings (SSSR count). The lowest BCUT2D eigenvalue weighted by Crippen LogP contribution is -2.27. The van der Waals surface area contributed by atoms with Gasteiger partial charge in [0.15, 0.2) is 0 Å². The summed E-state index contributed by atoms with van der Waals surface area (Å²) >= 11 is 3.41. The van der Waals surface area contributed by atoms with E-state index in [1.807, 2.05) is 24.3 Å². The maximum absolute atomic E-state index is 12.7. The van der Waals surface area contributed by atoms with Gasteiger partial charge in [0.2, 0.25) is 5.91 Å². The van der Waals surface area contributed by atoms with Gasteiger partial charge in [-0.3, -0.25) is 4.79 Å². The minimum Gasteiger partial charge on any atom is -0.465 e. The van der Waals surface area contributed by atoms with Crippen molar-refractivity contribution in [3.63, 3.8) is 0 Å². The minimum absolute atomic E-state index is 0.0400. The average molecular weight is 374 g/mol. The Morgan fingerprint density at radius 1 is 1.13 bits per heavy atom. The predicted molar refractivity (Wildman–Crippen MR) is 91.5 cm³/mol. The Morgan fingerprint density at radius 2 is 1.83 bits per heavy atom. The van der Waals surface area contributed by atoms with Crippen molar-refractivity contribution < 1.29 is 14.3 Å². The van der Waals surface area contributed by atoms with Crippen LogP contribution in [0.4, 0.5) is 5.69 Å². The van der Waals surface area contributed by atoms with Crippen LogP contribution in [0.1, 0.15) is 28.8 Å². The molecule has 1 N–H and O–H groups in total. The maximum Gasteiger partial charge on any atom is 0.337 e. The zero-order valence-corrected chi connectivity index (χ0v) is 14.2. The summed E-state index contributed by atoms with van der Waals surface area (Å²) in [6.07, 6.45) is 1.66. The fraction of sp³-hybridized carbons (Fsp3) is 0.222. The van der Waals surface area contributed by atoms with E-state index >= 15 is 0 Å². The molecule has 1 amide bonds. The highest BCUT2D eigenvalue weighted by molar-refractivity contribution is 9.10. The van der Waals surface area contributed by atoms with Crippen molar-refractivity contribution in [1.82, 2.24) is 0 Å². The predicted octanol–water partition coefficient (Wildman–Crippen LogP) is 3.91. The molecular formula is C18H16BrNO3. The first-order chi connectivity index (χ1) is 11.0. The van der Waals surface area contributed by atoms with Crippen LogP contribution >= 0.6 is 15.9 Å². The first kappa shape index (κ1) is 15.7. The molecule has 23 heavy (non-hydrogen) atoms. The molecule has 0 atom stereocenters. The molecule has 5 heteroatoms. The fourth-order valence-electron chi connectivity index (χ4n) is 2.63. The summed E-state index contributed by atoms with van der Waals surface area (Å²) in [5, 5.41) is 2.92. The molecule has 2 aromatic carbocycles. The van der Waals surface area contributed by atoms with Crippen LogP contribution in [-0.4, -0.2) is 19.0 Å². The molecule has 0 saturated heterocycles. The molecule has 0 aromatic heterocycles.